The summed E-state index contributed by atoms with van der Waals surface area (Å²) in [5, 5.41) is 54.8. The van der Waals surface area contributed by atoms with Crippen LogP contribution in [0.2, 0.25) is 0 Å². The van der Waals surface area contributed by atoms with E-state index in [2.05, 4.69) is 13.8 Å². The number of ether oxygens (including phenoxy) is 2. The molecule has 0 bridgehead atoms. The summed E-state index contributed by atoms with van der Waals surface area (Å²) >= 11 is 0. The molecule has 5 aliphatic carbocycles. The Morgan fingerprint density at radius 2 is 1.74 bits per heavy atom. The van der Waals surface area contributed by atoms with Crippen molar-refractivity contribution in [2.45, 2.75) is 133 Å². The van der Waals surface area contributed by atoms with Gasteiger partial charge in [-0.3, -0.25) is 4.79 Å². The highest BCUT2D eigenvalue weighted by Gasteiger charge is 2.70. The molecule has 5 N–H and O–H groups in total. The fraction of sp³-hybridized carbons (Fsp3) is 0.900. The van der Waals surface area contributed by atoms with Crippen molar-refractivity contribution in [2.75, 3.05) is 0 Å². The molecule has 8 nitrogen and oxygen atoms in total. The number of carbonyl (C=O) groups excluding carboxylic acids is 1. The van der Waals surface area contributed by atoms with Crippen LogP contribution < -0.4 is 0 Å². The summed E-state index contributed by atoms with van der Waals surface area (Å²) in [7, 11) is 0. The summed E-state index contributed by atoms with van der Waals surface area (Å²) in [5.41, 5.74) is -0.225. The van der Waals surface area contributed by atoms with Gasteiger partial charge in [0, 0.05) is 11.8 Å². The summed E-state index contributed by atoms with van der Waals surface area (Å²) in [6, 6.07) is 0. The molecule has 14 unspecified atom stereocenters. The maximum atomic E-state index is 12.4. The smallest absolute Gasteiger partial charge is 0.186 e. The Morgan fingerprint density at radius 1 is 0.974 bits per heavy atom. The van der Waals surface area contributed by atoms with Crippen LogP contribution in [-0.2, 0) is 14.3 Å². The van der Waals surface area contributed by atoms with Crippen LogP contribution >= 0.6 is 0 Å². The van der Waals surface area contributed by atoms with Gasteiger partial charge in [-0.15, -0.1) is 0 Å². The van der Waals surface area contributed by atoms with Gasteiger partial charge < -0.3 is 35.0 Å². The third-order valence-electron chi connectivity index (χ3n) is 12.3. The van der Waals surface area contributed by atoms with Crippen molar-refractivity contribution in [3.05, 3.63) is 11.6 Å². The normalized spacial score (nSPS) is 56.7. The number of hydrogen-bond acceptors (Lipinski definition) is 8. The topological polar surface area (TPSA) is 137 Å². The van der Waals surface area contributed by atoms with Gasteiger partial charge in [0.2, 0.25) is 0 Å². The molecule has 8 heteroatoms. The van der Waals surface area contributed by atoms with Crippen LogP contribution in [0.15, 0.2) is 11.6 Å². The zero-order chi connectivity index (χ0) is 27.2. The van der Waals surface area contributed by atoms with E-state index < -0.39 is 47.8 Å². The second kappa shape index (κ2) is 9.33. The van der Waals surface area contributed by atoms with E-state index in [0.717, 1.165) is 51.4 Å². The lowest BCUT2D eigenvalue weighted by Crippen LogP contribution is -2.66. The number of fused-ring (bicyclic) bond motifs is 5. The molecule has 0 aromatic rings. The molecular weight excluding hydrogens is 488 g/mol. The largest absolute Gasteiger partial charge is 0.393 e. The Bertz CT molecular complexity index is 983. The molecule has 0 spiro atoms. The maximum Gasteiger partial charge on any atom is 0.186 e. The van der Waals surface area contributed by atoms with E-state index in [0.29, 0.717) is 18.8 Å². The highest BCUT2D eigenvalue weighted by molar-refractivity contribution is 5.93. The first-order chi connectivity index (χ1) is 17.9. The zero-order valence-corrected chi connectivity index (χ0v) is 23.0. The average Bonchev–Trinajstić information content (AvgIpc) is 3.41. The molecule has 5 fully saturated rings. The van der Waals surface area contributed by atoms with Gasteiger partial charge in [-0.25, -0.2) is 0 Å². The van der Waals surface area contributed by atoms with Crippen molar-refractivity contribution >= 4 is 5.78 Å². The molecule has 214 valence electrons. The zero-order valence-electron chi connectivity index (χ0n) is 23.0. The molecule has 14 atom stereocenters. The van der Waals surface area contributed by atoms with Crippen molar-refractivity contribution in [1.29, 1.82) is 0 Å². The van der Waals surface area contributed by atoms with E-state index in [1.165, 1.54) is 5.57 Å². The van der Waals surface area contributed by atoms with Crippen LogP contribution in [0.5, 0.6) is 0 Å². The number of hydrogen-bond donors (Lipinski definition) is 5. The summed E-state index contributed by atoms with van der Waals surface area (Å²) in [6.45, 7) is 6.11. The number of allylic oxidation sites excluding steroid dienone is 2. The van der Waals surface area contributed by atoms with Crippen molar-refractivity contribution in [3.8, 4) is 0 Å². The second-order valence-corrected chi connectivity index (χ2v) is 14.0. The number of rotatable bonds is 3. The van der Waals surface area contributed by atoms with Crippen LogP contribution in [0.3, 0.4) is 0 Å². The van der Waals surface area contributed by atoms with Gasteiger partial charge >= 0.3 is 0 Å². The Labute approximate surface area is 225 Å². The summed E-state index contributed by atoms with van der Waals surface area (Å²) in [5.74, 6) is 0.686. The van der Waals surface area contributed by atoms with E-state index in [-0.39, 0.29) is 35.1 Å². The molecule has 0 aromatic carbocycles. The molecule has 38 heavy (non-hydrogen) atoms. The van der Waals surface area contributed by atoms with Gasteiger partial charge in [-0.1, -0.05) is 19.4 Å². The number of aliphatic hydroxyl groups is 5. The van der Waals surface area contributed by atoms with Gasteiger partial charge in [-0.2, -0.15) is 0 Å². The van der Waals surface area contributed by atoms with Crippen LogP contribution in [0.4, 0.5) is 0 Å². The third kappa shape index (κ3) is 3.85. The van der Waals surface area contributed by atoms with E-state index in [4.69, 9.17) is 9.47 Å². The van der Waals surface area contributed by atoms with Crippen molar-refractivity contribution in [3.63, 3.8) is 0 Å². The maximum absolute atomic E-state index is 12.4. The molecule has 6 aliphatic rings. The second-order valence-electron chi connectivity index (χ2n) is 14.0. The lowest BCUT2D eigenvalue weighted by atomic mass is 9.42. The van der Waals surface area contributed by atoms with Crippen molar-refractivity contribution in [1.82, 2.24) is 0 Å². The first kappa shape index (κ1) is 27.3. The fourth-order valence-electron chi connectivity index (χ4n) is 10.2. The van der Waals surface area contributed by atoms with Crippen LogP contribution in [-0.4, -0.2) is 79.8 Å². The number of ketones is 1. The van der Waals surface area contributed by atoms with E-state index in [9.17, 15) is 30.3 Å². The average molecular weight is 535 g/mol. The van der Waals surface area contributed by atoms with Crippen LogP contribution in [0.1, 0.15) is 85.0 Å². The van der Waals surface area contributed by atoms with Crippen LogP contribution in [0.25, 0.3) is 0 Å². The van der Waals surface area contributed by atoms with E-state index in [1.54, 1.807) is 6.92 Å². The minimum Gasteiger partial charge on any atom is -0.393 e. The summed E-state index contributed by atoms with van der Waals surface area (Å²) < 4.78 is 11.9. The molecule has 1 heterocycles. The number of aliphatic hydroxyl groups excluding tert-OH is 4. The lowest BCUT2D eigenvalue weighted by Gasteiger charge is -2.65. The van der Waals surface area contributed by atoms with Gasteiger partial charge in [0.1, 0.15) is 18.3 Å². The first-order valence-electron chi connectivity index (χ1n) is 14.9. The quantitative estimate of drug-likeness (QED) is 0.348. The molecule has 0 radical (unpaired) electrons. The standard InChI is InChI=1S/C30H46O8/c1-15-24(33)25(34)26(35)27(37-15)38-19-8-10-28(2)17(13-19)5-7-21-23(28)22(32)14-29(3)20(9-11-30(21,29)36)16-4-6-18(31)12-16/h12,15,17,19-27,32-36H,4-11,13-14H2,1-3H3. The Balaban J connectivity index is 1.19. The molecule has 1 aliphatic heterocycles. The lowest BCUT2D eigenvalue weighted by molar-refractivity contribution is -0.311. The van der Waals surface area contributed by atoms with Gasteiger partial charge in [0.15, 0.2) is 12.1 Å². The monoisotopic (exact) mass is 534 g/mol. The minimum absolute atomic E-state index is 0.00623. The Hall–Kier alpha value is -0.870. The highest BCUT2D eigenvalue weighted by Crippen LogP contribution is 2.70. The van der Waals surface area contributed by atoms with E-state index >= 15 is 0 Å². The Kier molecular flexibility index (Phi) is 6.70. The van der Waals surface area contributed by atoms with Crippen molar-refractivity contribution < 1.29 is 39.8 Å². The minimum atomic E-state index is -1.31. The predicted octanol–water partition coefficient (Wildman–Crippen LogP) is 2.23. The molecule has 6 rings (SSSR count). The SMILES string of the molecule is CC1OC(OC2CCC3(C)C(CCC4C3C(O)CC3(C)C(C5=CC(=O)CC5)CCC43O)C2)C(O)C(O)C1O. The van der Waals surface area contributed by atoms with Gasteiger partial charge in [0.05, 0.1) is 23.9 Å². The van der Waals surface area contributed by atoms with Gasteiger partial charge in [-0.05, 0) is 99.9 Å². The molecular formula is C30H46O8. The fourth-order valence-corrected chi connectivity index (χ4v) is 10.2. The molecule has 1 saturated heterocycles. The van der Waals surface area contributed by atoms with Gasteiger partial charge in [0.25, 0.3) is 0 Å². The summed E-state index contributed by atoms with van der Waals surface area (Å²) in [4.78, 5) is 12.0. The first-order valence-corrected chi connectivity index (χ1v) is 14.9. The molecule has 0 amide bonds. The molecule has 4 saturated carbocycles. The predicted molar refractivity (Wildman–Crippen MR) is 138 cm³/mol. The van der Waals surface area contributed by atoms with Crippen molar-refractivity contribution in [2.24, 2.45) is 34.5 Å². The van der Waals surface area contributed by atoms with Crippen LogP contribution in [0, 0.1) is 34.5 Å². The summed E-state index contributed by atoms with van der Waals surface area (Å²) in [6.07, 6.45) is 3.46. The number of carbonyl (C=O) groups is 1. The third-order valence-corrected chi connectivity index (χ3v) is 12.3. The molecule has 0 aromatic heterocycles. The Morgan fingerprint density at radius 3 is 2.45 bits per heavy atom. The van der Waals surface area contributed by atoms with E-state index in [1.807, 2.05) is 6.08 Å². The highest BCUT2D eigenvalue weighted by atomic mass is 16.7.